The first kappa shape index (κ1) is 14.4. The second-order valence-corrected chi connectivity index (χ2v) is 6.77. The number of hydrogen-bond acceptors (Lipinski definition) is 3. The molecule has 4 heteroatoms. The maximum absolute atomic E-state index is 12.8. The number of pyridine rings is 1. The summed E-state index contributed by atoms with van der Waals surface area (Å²) in [6, 6.07) is 11.9. The van der Waals surface area contributed by atoms with E-state index in [1.807, 2.05) is 41.3 Å². The van der Waals surface area contributed by atoms with E-state index in [1.54, 1.807) is 12.4 Å². The minimum absolute atomic E-state index is 0.165. The molecule has 1 aromatic carbocycles. The Morgan fingerprint density at radius 1 is 1.00 bits per heavy atom. The third-order valence-electron chi connectivity index (χ3n) is 5.08. The number of carbonyl (C=O) groups excluding carboxylic acids is 1. The van der Waals surface area contributed by atoms with E-state index in [1.165, 1.54) is 0 Å². The van der Waals surface area contributed by atoms with Gasteiger partial charge in [-0.2, -0.15) is 0 Å². The molecule has 0 saturated carbocycles. The Kier molecular flexibility index (Phi) is 3.62. The van der Waals surface area contributed by atoms with Crippen LogP contribution in [0.15, 0.2) is 48.8 Å². The average Bonchev–Trinajstić information content (AvgIpc) is 3.12. The van der Waals surface area contributed by atoms with E-state index in [0.717, 1.165) is 42.9 Å². The predicted molar refractivity (Wildman–Crippen MR) is 90.1 cm³/mol. The molecule has 2 aliphatic rings. The normalized spacial score (nSPS) is 24.0. The molecule has 23 heavy (non-hydrogen) atoms. The van der Waals surface area contributed by atoms with Crippen molar-refractivity contribution < 1.29 is 4.79 Å². The van der Waals surface area contributed by atoms with E-state index < -0.39 is 0 Å². The van der Waals surface area contributed by atoms with Crippen molar-refractivity contribution in [2.45, 2.75) is 0 Å². The molecule has 0 aliphatic carbocycles. The number of nitrogens with zero attached hydrogens (tertiary/aromatic N) is 3. The van der Waals surface area contributed by atoms with Crippen LogP contribution in [0, 0.1) is 11.8 Å². The van der Waals surface area contributed by atoms with Crippen LogP contribution in [0.25, 0.3) is 11.1 Å². The molecule has 0 spiro atoms. The molecule has 1 amide bonds. The lowest BCUT2D eigenvalue weighted by molar-refractivity contribution is 0.0776. The third kappa shape index (κ3) is 2.75. The molecular formula is C19H21N3O. The molecule has 2 aromatic rings. The van der Waals surface area contributed by atoms with Crippen LogP contribution in [-0.2, 0) is 0 Å². The highest BCUT2D eigenvalue weighted by Gasteiger charge is 2.40. The molecule has 4 nitrogen and oxygen atoms in total. The zero-order valence-electron chi connectivity index (χ0n) is 13.4. The van der Waals surface area contributed by atoms with Crippen LogP contribution in [0.3, 0.4) is 0 Å². The quantitative estimate of drug-likeness (QED) is 0.855. The van der Waals surface area contributed by atoms with E-state index in [2.05, 4.69) is 16.9 Å². The van der Waals surface area contributed by atoms with Gasteiger partial charge < -0.3 is 9.80 Å². The number of aromatic nitrogens is 1. The SMILES string of the molecule is CN1C[C@@H]2CN(C(=O)c3cccc(-c4ccncc4)c3)C[C@@H]2C1. The maximum atomic E-state index is 12.8. The lowest BCUT2D eigenvalue weighted by atomic mass is 10.0. The summed E-state index contributed by atoms with van der Waals surface area (Å²) < 4.78 is 0. The van der Waals surface area contributed by atoms with Gasteiger partial charge in [-0.25, -0.2) is 0 Å². The van der Waals surface area contributed by atoms with Crippen LogP contribution in [0.5, 0.6) is 0 Å². The molecule has 0 unspecified atom stereocenters. The second-order valence-electron chi connectivity index (χ2n) is 6.77. The highest BCUT2D eigenvalue weighted by Crippen LogP contribution is 2.31. The molecule has 4 rings (SSSR count). The van der Waals surface area contributed by atoms with Gasteiger partial charge in [0, 0.05) is 44.1 Å². The number of hydrogen-bond donors (Lipinski definition) is 0. The number of amides is 1. The van der Waals surface area contributed by atoms with Crippen LogP contribution in [-0.4, -0.2) is 53.9 Å². The molecule has 2 fully saturated rings. The van der Waals surface area contributed by atoms with Gasteiger partial charge in [0.1, 0.15) is 0 Å². The van der Waals surface area contributed by atoms with Gasteiger partial charge in [-0.15, -0.1) is 0 Å². The van der Waals surface area contributed by atoms with Gasteiger partial charge in [0.05, 0.1) is 0 Å². The molecule has 1 aromatic heterocycles. The maximum Gasteiger partial charge on any atom is 0.253 e. The topological polar surface area (TPSA) is 36.4 Å². The molecule has 0 bridgehead atoms. The lowest BCUT2D eigenvalue weighted by Gasteiger charge is -2.19. The Morgan fingerprint density at radius 2 is 1.70 bits per heavy atom. The zero-order valence-corrected chi connectivity index (χ0v) is 13.4. The van der Waals surface area contributed by atoms with E-state index in [9.17, 15) is 4.79 Å². The van der Waals surface area contributed by atoms with E-state index in [0.29, 0.717) is 11.8 Å². The zero-order chi connectivity index (χ0) is 15.8. The summed E-state index contributed by atoms with van der Waals surface area (Å²) in [5, 5.41) is 0. The van der Waals surface area contributed by atoms with Crippen molar-refractivity contribution in [3.05, 3.63) is 54.4 Å². The minimum atomic E-state index is 0.165. The first-order valence-electron chi connectivity index (χ1n) is 8.19. The van der Waals surface area contributed by atoms with Crippen molar-refractivity contribution in [2.24, 2.45) is 11.8 Å². The largest absolute Gasteiger partial charge is 0.338 e. The first-order valence-corrected chi connectivity index (χ1v) is 8.19. The number of likely N-dealkylation sites (tertiary alicyclic amines) is 2. The molecule has 0 N–H and O–H groups in total. The summed E-state index contributed by atoms with van der Waals surface area (Å²) in [6.07, 6.45) is 3.56. The van der Waals surface area contributed by atoms with Gasteiger partial charge in [-0.1, -0.05) is 12.1 Å². The Labute approximate surface area is 136 Å². The molecule has 118 valence electrons. The Hall–Kier alpha value is -2.20. The van der Waals surface area contributed by atoms with Crippen LogP contribution in [0.4, 0.5) is 0 Å². The van der Waals surface area contributed by atoms with E-state index >= 15 is 0 Å². The Morgan fingerprint density at radius 3 is 2.39 bits per heavy atom. The smallest absolute Gasteiger partial charge is 0.253 e. The lowest BCUT2D eigenvalue weighted by Crippen LogP contribution is -2.32. The second kappa shape index (κ2) is 5.78. The van der Waals surface area contributed by atoms with Gasteiger partial charge in [-0.05, 0) is 54.3 Å². The number of benzene rings is 1. The fourth-order valence-electron chi connectivity index (χ4n) is 3.95. The molecule has 3 heterocycles. The highest BCUT2D eigenvalue weighted by molar-refractivity contribution is 5.95. The molecule has 2 saturated heterocycles. The predicted octanol–water partition coefficient (Wildman–Crippen LogP) is 2.38. The Balaban J connectivity index is 1.54. The summed E-state index contributed by atoms with van der Waals surface area (Å²) in [4.78, 5) is 21.3. The monoisotopic (exact) mass is 307 g/mol. The van der Waals surface area contributed by atoms with Crippen LogP contribution in [0.2, 0.25) is 0 Å². The minimum Gasteiger partial charge on any atom is -0.338 e. The molecule has 2 aliphatic heterocycles. The van der Waals surface area contributed by atoms with Crippen molar-refractivity contribution in [3.63, 3.8) is 0 Å². The summed E-state index contributed by atoms with van der Waals surface area (Å²) >= 11 is 0. The van der Waals surface area contributed by atoms with Gasteiger partial charge >= 0.3 is 0 Å². The summed E-state index contributed by atoms with van der Waals surface area (Å²) in [5.41, 5.74) is 2.94. The molecule has 2 atom stereocenters. The van der Waals surface area contributed by atoms with Crippen molar-refractivity contribution >= 4 is 5.91 Å². The van der Waals surface area contributed by atoms with Crippen LogP contribution < -0.4 is 0 Å². The van der Waals surface area contributed by atoms with Crippen molar-refractivity contribution in [3.8, 4) is 11.1 Å². The summed E-state index contributed by atoms with van der Waals surface area (Å²) in [5.74, 6) is 1.46. The van der Waals surface area contributed by atoms with Gasteiger partial charge in [0.2, 0.25) is 0 Å². The van der Waals surface area contributed by atoms with Crippen molar-refractivity contribution in [2.75, 3.05) is 33.2 Å². The highest BCUT2D eigenvalue weighted by atomic mass is 16.2. The van der Waals surface area contributed by atoms with Crippen LogP contribution >= 0.6 is 0 Å². The van der Waals surface area contributed by atoms with Crippen molar-refractivity contribution in [1.29, 1.82) is 0 Å². The van der Waals surface area contributed by atoms with Gasteiger partial charge in [0.25, 0.3) is 5.91 Å². The fourth-order valence-corrected chi connectivity index (χ4v) is 3.95. The van der Waals surface area contributed by atoms with Crippen LogP contribution in [0.1, 0.15) is 10.4 Å². The summed E-state index contributed by atoms with van der Waals surface area (Å²) in [6.45, 7) is 4.03. The van der Waals surface area contributed by atoms with Gasteiger partial charge in [-0.3, -0.25) is 9.78 Å². The standard InChI is InChI=1S/C19H21N3O/c1-21-10-17-12-22(13-18(17)11-21)19(23)16-4-2-3-15(9-16)14-5-7-20-8-6-14/h2-9,17-18H,10-13H2,1H3/t17-,18+. The first-order chi connectivity index (χ1) is 11.2. The third-order valence-corrected chi connectivity index (χ3v) is 5.08. The Bertz CT molecular complexity index is 702. The number of carbonyl (C=O) groups is 1. The fraction of sp³-hybridized carbons (Fsp3) is 0.368. The number of rotatable bonds is 2. The number of fused-ring (bicyclic) bond motifs is 1. The van der Waals surface area contributed by atoms with Gasteiger partial charge in [0.15, 0.2) is 0 Å². The molecule has 0 radical (unpaired) electrons. The summed E-state index contributed by atoms with van der Waals surface area (Å²) in [7, 11) is 2.17. The van der Waals surface area contributed by atoms with E-state index in [-0.39, 0.29) is 5.91 Å². The van der Waals surface area contributed by atoms with E-state index in [4.69, 9.17) is 0 Å². The van der Waals surface area contributed by atoms with Crippen molar-refractivity contribution in [1.82, 2.24) is 14.8 Å². The molecular weight excluding hydrogens is 286 g/mol. The average molecular weight is 307 g/mol.